The van der Waals surface area contributed by atoms with Crippen LogP contribution >= 0.6 is 12.2 Å². The van der Waals surface area contributed by atoms with E-state index in [2.05, 4.69) is 20.3 Å². The number of hydrogen-bond acceptors (Lipinski definition) is 5. The third-order valence-electron chi connectivity index (χ3n) is 2.99. The summed E-state index contributed by atoms with van der Waals surface area (Å²) in [6, 6.07) is 11.3. The highest BCUT2D eigenvalue weighted by Gasteiger charge is 2.07. The maximum Gasteiger partial charge on any atom is 0.216 e. The van der Waals surface area contributed by atoms with Crippen molar-refractivity contribution in [1.82, 2.24) is 19.9 Å². The summed E-state index contributed by atoms with van der Waals surface area (Å²) in [5.74, 6) is 1.38. The first kappa shape index (κ1) is 14.2. The highest BCUT2D eigenvalue weighted by molar-refractivity contribution is 7.71. The molecular formula is C15H13N5OS. The summed E-state index contributed by atoms with van der Waals surface area (Å²) in [5.41, 5.74) is 1.73. The molecular weight excluding hydrogens is 298 g/mol. The summed E-state index contributed by atoms with van der Waals surface area (Å²) >= 11 is 5.22. The van der Waals surface area contributed by atoms with Gasteiger partial charge in [0.15, 0.2) is 5.82 Å². The quantitative estimate of drug-likeness (QED) is 0.594. The number of ether oxygens (including phenoxy) is 1. The highest BCUT2D eigenvalue weighted by atomic mass is 32.1. The number of aromatic amines is 1. The molecule has 0 aliphatic heterocycles. The van der Waals surface area contributed by atoms with Gasteiger partial charge in [0.25, 0.3) is 0 Å². The first-order valence-electron chi connectivity index (χ1n) is 6.54. The van der Waals surface area contributed by atoms with Gasteiger partial charge in [-0.2, -0.15) is 14.9 Å². The maximum atomic E-state index is 5.22. The molecule has 2 heterocycles. The van der Waals surface area contributed by atoms with Gasteiger partial charge in [0, 0.05) is 18.0 Å². The fourth-order valence-corrected chi connectivity index (χ4v) is 2.11. The van der Waals surface area contributed by atoms with Crippen LogP contribution in [-0.2, 0) is 0 Å². The average molecular weight is 311 g/mol. The minimum absolute atomic E-state index is 0.415. The average Bonchev–Trinajstić information content (AvgIpc) is 2.95. The van der Waals surface area contributed by atoms with E-state index in [1.165, 1.54) is 0 Å². The van der Waals surface area contributed by atoms with Gasteiger partial charge in [-0.25, -0.2) is 5.10 Å². The molecule has 0 aliphatic rings. The van der Waals surface area contributed by atoms with Gasteiger partial charge in [0.05, 0.1) is 13.3 Å². The number of methoxy groups -OCH3 is 1. The van der Waals surface area contributed by atoms with Crippen LogP contribution in [-0.4, -0.2) is 33.2 Å². The molecule has 0 spiro atoms. The van der Waals surface area contributed by atoms with Crippen LogP contribution in [0.3, 0.4) is 0 Å². The van der Waals surface area contributed by atoms with E-state index >= 15 is 0 Å². The van der Waals surface area contributed by atoms with Gasteiger partial charge in [-0.1, -0.05) is 12.1 Å². The largest absolute Gasteiger partial charge is 0.497 e. The molecule has 0 saturated carbocycles. The summed E-state index contributed by atoms with van der Waals surface area (Å²) < 4.78 is 7.17. The van der Waals surface area contributed by atoms with E-state index in [-0.39, 0.29) is 0 Å². The number of pyridine rings is 1. The second-order valence-corrected chi connectivity index (χ2v) is 4.81. The lowest BCUT2D eigenvalue weighted by Gasteiger charge is -2.01. The Morgan fingerprint density at radius 1 is 1.32 bits per heavy atom. The highest BCUT2D eigenvalue weighted by Crippen LogP contribution is 2.16. The summed E-state index contributed by atoms with van der Waals surface area (Å²) in [7, 11) is 1.63. The molecule has 0 unspecified atom stereocenters. The second kappa shape index (κ2) is 6.31. The fraction of sp³-hybridized carbons (Fsp3) is 0.0667. The predicted molar refractivity (Wildman–Crippen MR) is 86.6 cm³/mol. The SMILES string of the molecule is COc1cccc(/C=N\n2c(-c3cccnc3)n[nH]c2=S)c1. The van der Waals surface area contributed by atoms with Crippen LogP contribution in [0.15, 0.2) is 53.9 Å². The third-order valence-corrected chi connectivity index (χ3v) is 3.25. The zero-order valence-electron chi connectivity index (χ0n) is 11.8. The maximum absolute atomic E-state index is 5.22. The zero-order valence-corrected chi connectivity index (χ0v) is 12.6. The predicted octanol–water partition coefficient (Wildman–Crippen LogP) is 2.89. The van der Waals surface area contributed by atoms with Crippen molar-refractivity contribution < 1.29 is 4.74 Å². The van der Waals surface area contributed by atoms with Gasteiger partial charge < -0.3 is 4.74 Å². The molecule has 1 aromatic carbocycles. The van der Waals surface area contributed by atoms with Gasteiger partial charge in [-0.3, -0.25) is 4.98 Å². The van der Waals surface area contributed by atoms with Gasteiger partial charge in [0.2, 0.25) is 4.77 Å². The molecule has 2 aromatic heterocycles. The molecule has 0 bridgehead atoms. The number of benzene rings is 1. The van der Waals surface area contributed by atoms with Crippen LogP contribution in [0.4, 0.5) is 0 Å². The number of rotatable bonds is 4. The lowest BCUT2D eigenvalue weighted by Crippen LogP contribution is -1.95. The van der Waals surface area contributed by atoms with E-state index in [4.69, 9.17) is 17.0 Å². The first-order chi connectivity index (χ1) is 10.8. The lowest BCUT2D eigenvalue weighted by atomic mass is 10.2. The van der Waals surface area contributed by atoms with Gasteiger partial charge >= 0.3 is 0 Å². The van der Waals surface area contributed by atoms with Crippen molar-refractivity contribution >= 4 is 18.4 Å². The third kappa shape index (κ3) is 2.94. The number of H-pyrrole nitrogens is 1. The Bertz CT molecular complexity index is 854. The Morgan fingerprint density at radius 3 is 3.00 bits per heavy atom. The van der Waals surface area contributed by atoms with Crippen LogP contribution in [0.25, 0.3) is 11.4 Å². The summed E-state index contributed by atoms with van der Waals surface area (Å²) in [6.07, 6.45) is 5.12. The Kier molecular flexibility index (Phi) is 4.06. The normalized spacial score (nSPS) is 11.0. The smallest absolute Gasteiger partial charge is 0.216 e. The Balaban J connectivity index is 1.97. The van der Waals surface area contributed by atoms with Crippen molar-refractivity contribution in [3.05, 3.63) is 59.1 Å². The number of hydrogen-bond donors (Lipinski definition) is 1. The number of nitrogens with one attached hydrogen (secondary N) is 1. The summed E-state index contributed by atoms with van der Waals surface area (Å²) in [5, 5.41) is 11.3. The van der Waals surface area contributed by atoms with Gasteiger partial charge in [-0.15, -0.1) is 0 Å². The Morgan fingerprint density at radius 2 is 2.23 bits per heavy atom. The molecule has 0 amide bonds. The molecule has 3 aromatic rings. The Labute approximate surface area is 132 Å². The number of nitrogens with zero attached hydrogens (tertiary/aromatic N) is 4. The standard InChI is InChI=1S/C15H13N5OS/c1-21-13-6-2-4-11(8-13)9-17-20-14(18-19-15(20)22)12-5-3-7-16-10-12/h2-10H,1H3,(H,19,22)/b17-9-. The molecule has 6 nitrogen and oxygen atoms in total. The van der Waals surface area contributed by atoms with Crippen LogP contribution in [0, 0.1) is 4.77 Å². The van der Waals surface area contributed by atoms with Crippen molar-refractivity contribution in [2.75, 3.05) is 7.11 Å². The van der Waals surface area contributed by atoms with Crippen LogP contribution in [0.1, 0.15) is 5.56 Å². The van der Waals surface area contributed by atoms with Gasteiger partial charge in [-0.05, 0) is 42.0 Å². The molecule has 0 aliphatic carbocycles. The topological polar surface area (TPSA) is 68.1 Å². The molecule has 1 N–H and O–H groups in total. The first-order valence-corrected chi connectivity index (χ1v) is 6.95. The minimum atomic E-state index is 0.415. The molecule has 3 rings (SSSR count). The zero-order chi connectivity index (χ0) is 15.4. The molecule has 0 atom stereocenters. The number of aromatic nitrogens is 4. The molecule has 0 fully saturated rings. The van der Waals surface area contributed by atoms with E-state index in [1.807, 2.05) is 36.4 Å². The van der Waals surface area contributed by atoms with Crippen LogP contribution in [0.5, 0.6) is 5.75 Å². The van der Waals surface area contributed by atoms with E-state index in [1.54, 1.807) is 30.4 Å². The monoisotopic (exact) mass is 311 g/mol. The van der Waals surface area contributed by atoms with E-state index in [0.717, 1.165) is 16.9 Å². The second-order valence-electron chi connectivity index (χ2n) is 4.43. The lowest BCUT2D eigenvalue weighted by molar-refractivity contribution is 0.415. The van der Waals surface area contributed by atoms with E-state index in [0.29, 0.717) is 10.6 Å². The Hall–Kier alpha value is -2.80. The molecule has 7 heteroatoms. The van der Waals surface area contributed by atoms with Crippen molar-refractivity contribution in [1.29, 1.82) is 0 Å². The molecule has 0 radical (unpaired) electrons. The van der Waals surface area contributed by atoms with Crippen molar-refractivity contribution in [3.8, 4) is 17.1 Å². The van der Waals surface area contributed by atoms with E-state index in [9.17, 15) is 0 Å². The van der Waals surface area contributed by atoms with Crippen molar-refractivity contribution in [2.45, 2.75) is 0 Å². The molecule has 22 heavy (non-hydrogen) atoms. The van der Waals surface area contributed by atoms with Crippen molar-refractivity contribution in [2.24, 2.45) is 5.10 Å². The van der Waals surface area contributed by atoms with Crippen LogP contribution < -0.4 is 4.74 Å². The van der Waals surface area contributed by atoms with E-state index < -0.39 is 0 Å². The molecule has 110 valence electrons. The minimum Gasteiger partial charge on any atom is -0.497 e. The summed E-state index contributed by atoms with van der Waals surface area (Å²) in [4.78, 5) is 4.08. The molecule has 0 saturated heterocycles. The fourth-order valence-electron chi connectivity index (χ4n) is 1.93. The van der Waals surface area contributed by atoms with Crippen molar-refractivity contribution in [3.63, 3.8) is 0 Å². The summed E-state index contributed by atoms with van der Waals surface area (Å²) in [6.45, 7) is 0. The van der Waals surface area contributed by atoms with Crippen LogP contribution in [0.2, 0.25) is 0 Å². The van der Waals surface area contributed by atoms with Gasteiger partial charge in [0.1, 0.15) is 5.75 Å².